The van der Waals surface area contributed by atoms with Crippen molar-refractivity contribution in [2.24, 2.45) is 0 Å². The van der Waals surface area contributed by atoms with Crippen molar-refractivity contribution in [3.05, 3.63) is 66.3 Å². The Morgan fingerprint density at radius 1 is 1.12 bits per heavy atom. The van der Waals surface area contributed by atoms with Crippen LogP contribution in [0.2, 0.25) is 0 Å². The first kappa shape index (κ1) is 10.8. The standard InChI is InChI=1S/C13H11O2S/c14-16(15,13-9-5-2-6-10-13)11-12-7-3-1-4-8-12/h2-10H,11H2/q+1. The summed E-state index contributed by atoms with van der Waals surface area (Å²) < 4.78 is 24.0. The Hall–Kier alpha value is -1.70. The van der Waals surface area contributed by atoms with Gasteiger partial charge in [0.1, 0.15) is 17.9 Å². The van der Waals surface area contributed by atoms with Gasteiger partial charge in [0, 0.05) is 6.08 Å². The maximum atomic E-state index is 12.0. The van der Waals surface area contributed by atoms with Crippen LogP contribution in [0.5, 0.6) is 0 Å². The van der Waals surface area contributed by atoms with Gasteiger partial charge in [0.05, 0.1) is 22.6 Å². The normalized spacial score (nSPS) is 14.4. The number of hydrogen-bond acceptors (Lipinski definition) is 2. The second kappa shape index (κ2) is 4.44. The summed E-state index contributed by atoms with van der Waals surface area (Å²) in [6.45, 7) is 0. The average Bonchev–Trinajstić information content (AvgIpc) is 2.31. The molecule has 0 unspecified atom stereocenters. The molecule has 0 bridgehead atoms. The van der Waals surface area contributed by atoms with Crippen molar-refractivity contribution in [3.63, 3.8) is 0 Å². The van der Waals surface area contributed by atoms with Crippen LogP contribution in [0.15, 0.2) is 65.1 Å². The molecule has 0 saturated heterocycles. The van der Waals surface area contributed by atoms with E-state index in [4.69, 9.17) is 0 Å². The molecule has 0 heterocycles. The zero-order valence-corrected chi connectivity index (χ0v) is 9.44. The van der Waals surface area contributed by atoms with Gasteiger partial charge in [-0.15, -0.1) is 0 Å². The van der Waals surface area contributed by atoms with E-state index in [2.05, 4.69) is 6.08 Å². The highest BCUT2D eigenvalue weighted by atomic mass is 32.2. The van der Waals surface area contributed by atoms with Crippen LogP contribution < -0.4 is 0 Å². The Kier molecular flexibility index (Phi) is 3.00. The van der Waals surface area contributed by atoms with Crippen LogP contribution in [0.1, 0.15) is 0 Å². The lowest BCUT2D eigenvalue weighted by Crippen LogP contribution is -2.08. The van der Waals surface area contributed by atoms with E-state index in [1.165, 1.54) is 0 Å². The molecule has 0 saturated carbocycles. The number of benzene rings is 1. The van der Waals surface area contributed by atoms with Crippen LogP contribution in [0.3, 0.4) is 0 Å². The summed E-state index contributed by atoms with van der Waals surface area (Å²) in [6, 6.07) is 8.49. The Balaban J connectivity index is 2.25. The molecule has 1 aromatic carbocycles. The average molecular weight is 231 g/mol. The molecule has 1 aliphatic carbocycles. The van der Waals surface area contributed by atoms with Crippen molar-refractivity contribution >= 4 is 9.84 Å². The predicted octanol–water partition coefficient (Wildman–Crippen LogP) is 2.32. The summed E-state index contributed by atoms with van der Waals surface area (Å²) in [5.74, 6) is 0.0334. The molecule has 0 amide bonds. The van der Waals surface area contributed by atoms with Crippen LogP contribution in [0.4, 0.5) is 0 Å². The predicted molar refractivity (Wildman–Crippen MR) is 63.5 cm³/mol. The van der Waals surface area contributed by atoms with E-state index in [0.717, 1.165) is 5.57 Å². The fourth-order valence-corrected chi connectivity index (χ4v) is 2.82. The molecule has 0 radical (unpaired) electrons. The molecule has 2 nitrogen and oxygen atoms in total. The molecule has 2 rings (SSSR count). The van der Waals surface area contributed by atoms with Gasteiger partial charge >= 0.3 is 0 Å². The number of allylic oxidation sites excluding steroid dienone is 5. The van der Waals surface area contributed by atoms with E-state index in [9.17, 15) is 8.42 Å². The van der Waals surface area contributed by atoms with Crippen LogP contribution in [-0.2, 0) is 9.84 Å². The molecule has 16 heavy (non-hydrogen) atoms. The maximum absolute atomic E-state index is 12.0. The van der Waals surface area contributed by atoms with E-state index < -0.39 is 9.84 Å². The Bertz CT molecular complexity index is 549. The SMILES string of the molecule is O=S(=O)(CC1=CC=[C+]C=C1)c1ccccc1. The molecule has 3 heteroatoms. The minimum Gasteiger partial charge on any atom is -0.223 e. The van der Waals surface area contributed by atoms with E-state index in [-0.39, 0.29) is 5.75 Å². The summed E-state index contributed by atoms with van der Waals surface area (Å²) in [5.41, 5.74) is 0.780. The van der Waals surface area contributed by atoms with Crippen molar-refractivity contribution in [1.29, 1.82) is 0 Å². The molecule has 0 N–H and O–H groups in total. The monoisotopic (exact) mass is 231 g/mol. The lowest BCUT2D eigenvalue weighted by molar-refractivity contribution is 0.598. The van der Waals surface area contributed by atoms with Gasteiger partial charge in [0.25, 0.3) is 0 Å². The molecule has 80 valence electrons. The second-order valence-electron chi connectivity index (χ2n) is 3.48. The lowest BCUT2D eigenvalue weighted by Gasteiger charge is -2.02. The smallest absolute Gasteiger partial charge is 0.184 e. The lowest BCUT2D eigenvalue weighted by atomic mass is 10.2. The highest BCUT2D eigenvalue weighted by Gasteiger charge is 2.18. The number of sulfone groups is 1. The fourth-order valence-electron chi connectivity index (χ4n) is 1.45. The van der Waals surface area contributed by atoms with Gasteiger partial charge in [0.2, 0.25) is 0 Å². The van der Waals surface area contributed by atoms with Gasteiger partial charge in [-0.1, -0.05) is 18.2 Å². The molecule has 0 fully saturated rings. The summed E-state index contributed by atoms with van der Waals surface area (Å²) >= 11 is 0. The van der Waals surface area contributed by atoms with Crippen LogP contribution in [0, 0.1) is 6.08 Å². The van der Waals surface area contributed by atoms with Gasteiger partial charge in [-0.3, -0.25) is 0 Å². The van der Waals surface area contributed by atoms with Gasteiger partial charge in [-0.2, -0.15) is 0 Å². The molecule has 0 aliphatic heterocycles. The summed E-state index contributed by atoms with van der Waals surface area (Å²) in [7, 11) is -3.23. The van der Waals surface area contributed by atoms with Gasteiger partial charge in [-0.25, -0.2) is 8.42 Å². The quantitative estimate of drug-likeness (QED) is 0.748. The van der Waals surface area contributed by atoms with Crippen LogP contribution >= 0.6 is 0 Å². The van der Waals surface area contributed by atoms with E-state index >= 15 is 0 Å². The second-order valence-corrected chi connectivity index (χ2v) is 5.47. The van der Waals surface area contributed by atoms with Crippen molar-refractivity contribution in [3.8, 4) is 0 Å². The third-order valence-corrected chi connectivity index (χ3v) is 3.95. The molecular formula is C13H11O2S+. The molecule has 1 aliphatic rings. The summed E-state index contributed by atoms with van der Waals surface area (Å²) in [6.07, 6.45) is 9.83. The molecule has 0 spiro atoms. The minimum absolute atomic E-state index is 0.0334. The fraction of sp³-hybridized carbons (Fsp3) is 0.0769. The number of hydrogen-bond donors (Lipinski definition) is 0. The van der Waals surface area contributed by atoms with Gasteiger partial charge in [0.15, 0.2) is 9.84 Å². The first-order valence-electron chi connectivity index (χ1n) is 4.91. The molecule has 0 aromatic heterocycles. The first-order valence-corrected chi connectivity index (χ1v) is 6.56. The largest absolute Gasteiger partial charge is 0.223 e. The van der Waals surface area contributed by atoms with Crippen molar-refractivity contribution < 1.29 is 8.42 Å². The molecule has 1 aromatic rings. The van der Waals surface area contributed by atoms with E-state index in [1.807, 2.05) is 0 Å². The summed E-state index contributed by atoms with van der Waals surface area (Å²) in [5, 5.41) is 0. The Morgan fingerprint density at radius 2 is 1.88 bits per heavy atom. The minimum atomic E-state index is -3.23. The summed E-state index contributed by atoms with van der Waals surface area (Å²) in [4.78, 5) is 0.364. The third kappa shape index (κ3) is 2.45. The molecular weight excluding hydrogens is 220 g/mol. The topological polar surface area (TPSA) is 34.1 Å². The highest BCUT2D eigenvalue weighted by Crippen LogP contribution is 2.15. The zero-order valence-electron chi connectivity index (χ0n) is 8.63. The maximum Gasteiger partial charge on any atom is 0.184 e. The van der Waals surface area contributed by atoms with Gasteiger partial charge in [-0.05, 0) is 12.1 Å². The van der Waals surface area contributed by atoms with E-state index in [1.54, 1.807) is 54.6 Å². The first-order chi connectivity index (χ1) is 7.68. The highest BCUT2D eigenvalue weighted by molar-refractivity contribution is 7.91. The van der Waals surface area contributed by atoms with E-state index in [0.29, 0.717) is 4.90 Å². The zero-order chi connectivity index (χ0) is 11.4. The Labute approximate surface area is 95.5 Å². The van der Waals surface area contributed by atoms with Crippen LogP contribution in [0.25, 0.3) is 0 Å². The van der Waals surface area contributed by atoms with Gasteiger partial charge < -0.3 is 0 Å². The molecule has 0 atom stereocenters. The van der Waals surface area contributed by atoms with Crippen molar-refractivity contribution in [1.82, 2.24) is 0 Å². The Morgan fingerprint density at radius 3 is 2.50 bits per heavy atom. The number of rotatable bonds is 3. The third-order valence-electron chi connectivity index (χ3n) is 2.25. The van der Waals surface area contributed by atoms with Crippen molar-refractivity contribution in [2.75, 3.05) is 5.75 Å². The van der Waals surface area contributed by atoms with Crippen molar-refractivity contribution in [2.45, 2.75) is 4.90 Å². The van der Waals surface area contributed by atoms with Crippen LogP contribution in [-0.4, -0.2) is 14.2 Å².